The third-order valence-corrected chi connectivity index (χ3v) is 4.63. The molecule has 0 radical (unpaired) electrons. The zero-order chi connectivity index (χ0) is 19.7. The van der Waals surface area contributed by atoms with E-state index in [1.54, 1.807) is 12.1 Å². The summed E-state index contributed by atoms with van der Waals surface area (Å²) in [6, 6.07) is 14.3. The Morgan fingerprint density at radius 1 is 1.07 bits per heavy atom. The summed E-state index contributed by atoms with van der Waals surface area (Å²) >= 11 is 0. The van der Waals surface area contributed by atoms with E-state index in [4.69, 9.17) is 9.88 Å². The molecule has 2 aromatic rings. The Morgan fingerprint density at radius 2 is 1.74 bits per heavy atom. The summed E-state index contributed by atoms with van der Waals surface area (Å²) in [5.41, 5.74) is 2.08. The van der Waals surface area contributed by atoms with Crippen LogP contribution >= 0.6 is 0 Å². The van der Waals surface area contributed by atoms with Crippen LogP contribution in [0.4, 0.5) is 0 Å². The van der Waals surface area contributed by atoms with Crippen LogP contribution in [0.15, 0.2) is 58.4 Å². The van der Waals surface area contributed by atoms with Gasteiger partial charge in [-0.15, -0.1) is 0 Å². The van der Waals surface area contributed by atoms with Gasteiger partial charge in [-0.25, -0.2) is 18.5 Å². The highest BCUT2D eigenvalue weighted by Crippen LogP contribution is 2.11. The van der Waals surface area contributed by atoms with Crippen LogP contribution in [-0.2, 0) is 16.6 Å². The molecule has 2 aromatic carbocycles. The van der Waals surface area contributed by atoms with E-state index in [0.29, 0.717) is 25.7 Å². The van der Waals surface area contributed by atoms with Gasteiger partial charge in [0.05, 0.1) is 18.0 Å². The minimum atomic E-state index is -3.67. The van der Waals surface area contributed by atoms with Crippen molar-refractivity contribution in [2.75, 3.05) is 19.7 Å². The first-order chi connectivity index (χ1) is 12.9. The Kier molecular flexibility index (Phi) is 7.63. The average molecular weight is 391 g/mol. The first-order valence-electron chi connectivity index (χ1n) is 8.72. The molecule has 27 heavy (non-hydrogen) atoms. The fourth-order valence-corrected chi connectivity index (χ4v) is 2.78. The molecule has 0 saturated heterocycles. The van der Waals surface area contributed by atoms with Gasteiger partial charge in [0.25, 0.3) is 0 Å². The number of nitrogens with zero attached hydrogens (tertiary/aromatic N) is 1. The number of benzene rings is 2. The highest BCUT2D eigenvalue weighted by Gasteiger charge is 2.06. The topological polar surface area (TPSA) is 106 Å². The molecule has 4 N–H and O–H groups in total. The van der Waals surface area contributed by atoms with Crippen molar-refractivity contribution < 1.29 is 13.2 Å². The van der Waals surface area contributed by atoms with Crippen LogP contribution in [0.5, 0.6) is 5.75 Å². The van der Waals surface area contributed by atoms with Crippen molar-refractivity contribution in [1.29, 1.82) is 0 Å². The molecule has 8 heteroatoms. The number of aryl methyl sites for hydroxylation is 1. The van der Waals surface area contributed by atoms with Gasteiger partial charge in [-0.3, -0.25) is 0 Å². The summed E-state index contributed by atoms with van der Waals surface area (Å²) < 4.78 is 28.2. The summed E-state index contributed by atoms with van der Waals surface area (Å²) in [5, 5.41) is 11.5. The van der Waals surface area contributed by atoms with E-state index >= 15 is 0 Å². The van der Waals surface area contributed by atoms with Crippen LogP contribution in [0.2, 0.25) is 0 Å². The molecule has 0 aliphatic heterocycles. The molecule has 0 amide bonds. The average Bonchev–Trinajstić information content (AvgIpc) is 2.64. The number of rotatable bonds is 8. The summed E-state index contributed by atoms with van der Waals surface area (Å²) in [6.45, 7) is 6.28. The van der Waals surface area contributed by atoms with Gasteiger partial charge in [0.1, 0.15) is 12.4 Å². The summed E-state index contributed by atoms with van der Waals surface area (Å²) in [4.78, 5) is 4.58. The number of ether oxygens (including phenoxy) is 1. The molecule has 0 aromatic heterocycles. The molecular weight excluding hydrogens is 364 g/mol. The number of nitrogens with one attached hydrogen (secondary N) is 2. The Morgan fingerprint density at radius 3 is 2.33 bits per heavy atom. The Hall–Kier alpha value is -2.58. The van der Waals surface area contributed by atoms with Crippen LogP contribution in [0.1, 0.15) is 18.1 Å². The Balaban J connectivity index is 1.85. The van der Waals surface area contributed by atoms with Crippen LogP contribution in [0.25, 0.3) is 0 Å². The predicted octanol–water partition coefficient (Wildman–Crippen LogP) is 1.78. The van der Waals surface area contributed by atoms with E-state index < -0.39 is 10.0 Å². The molecule has 0 unspecified atom stereocenters. The van der Waals surface area contributed by atoms with Crippen molar-refractivity contribution in [3.63, 3.8) is 0 Å². The van der Waals surface area contributed by atoms with E-state index in [0.717, 1.165) is 17.9 Å². The summed E-state index contributed by atoms with van der Waals surface area (Å²) in [5.74, 6) is 1.50. The zero-order valence-electron chi connectivity index (χ0n) is 15.6. The van der Waals surface area contributed by atoms with Gasteiger partial charge < -0.3 is 15.4 Å². The minimum Gasteiger partial charge on any atom is -0.492 e. The number of hydrogen-bond acceptors (Lipinski definition) is 4. The van der Waals surface area contributed by atoms with Crippen molar-refractivity contribution in [1.82, 2.24) is 10.6 Å². The van der Waals surface area contributed by atoms with E-state index in [2.05, 4.69) is 15.6 Å². The van der Waals surface area contributed by atoms with Crippen molar-refractivity contribution in [2.45, 2.75) is 25.3 Å². The van der Waals surface area contributed by atoms with Crippen molar-refractivity contribution in [3.8, 4) is 5.75 Å². The molecule has 0 heterocycles. The van der Waals surface area contributed by atoms with Gasteiger partial charge in [-0.05, 0) is 43.7 Å². The number of hydrogen-bond donors (Lipinski definition) is 3. The molecule has 0 fully saturated rings. The van der Waals surface area contributed by atoms with Gasteiger partial charge in [0.15, 0.2) is 5.96 Å². The highest BCUT2D eigenvalue weighted by atomic mass is 32.2. The maximum Gasteiger partial charge on any atom is 0.238 e. The minimum absolute atomic E-state index is 0.0912. The van der Waals surface area contributed by atoms with Gasteiger partial charge in [-0.1, -0.05) is 29.8 Å². The summed E-state index contributed by atoms with van der Waals surface area (Å²) in [7, 11) is -3.67. The normalized spacial score (nSPS) is 11.9. The van der Waals surface area contributed by atoms with E-state index in [9.17, 15) is 8.42 Å². The molecule has 146 valence electrons. The second kappa shape index (κ2) is 9.94. The maximum absolute atomic E-state index is 11.3. The lowest BCUT2D eigenvalue weighted by atomic mass is 10.2. The number of primary sulfonamides is 1. The molecular formula is C19H26N4O3S. The third-order valence-electron chi connectivity index (χ3n) is 3.70. The van der Waals surface area contributed by atoms with Crippen molar-refractivity contribution >= 4 is 16.0 Å². The molecule has 0 atom stereocenters. The summed E-state index contributed by atoms with van der Waals surface area (Å²) in [6.07, 6.45) is 0. The van der Waals surface area contributed by atoms with E-state index in [1.165, 1.54) is 17.7 Å². The SMILES string of the molecule is CCNC(=NCc1ccc(S(N)(=O)=O)cc1)NCCOc1ccc(C)cc1. The molecule has 0 aliphatic carbocycles. The quantitative estimate of drug-likeness (QED) is 0.362. The van der Waals surface area contributed by atoms with Gasteiger partial charge in [0, 0.05) is 6.54 Å². The number of aliphatic imine (C=N–C) groups is 1. The second-order valence-electron chi connectivity index (χ2n) is 5.97. The predicted molar refractivity (Wildman–Crippen MR) is 107 cm³/mol. The Labute approximate surface area is 160 Å². The Bertz CT molecular complexity index is 848. The van der Waals surface area contributed by atoms with E-state index in [-0.39, 0.29) is 4.90 Å². The fourth-order valence-electron chi connectivity index (χ4n) is 2.27. The lowest BCUT2D eigenvalue weighted by molar-refractivity contribution is 0.322. The lowest BCUT2D eigenvalue weighted by Crippen LogP contribution is -2.39. The third kappa shape index (κ3) is 7.28. The number of sulfonamides is 1. The zero-order valence-corrected chi connectivity index (χ0v) is 16.4. The standard InChI is InChI=1S/C19H26N4O3S/c1-3-21-19(22-12-13-26-17-8-4-15(2)5-9-17)23-14-16-6-10-18(11-7-16)27(20,24)25/h4-11H,3,12-14H2,1-2H3,(H2,20,24,25)(H2,21,22,23). The molecule has 0 aliphatic rings. The van der Waals surface area contributed by atoms with Crippen molar-refractivity contribution in [3.05, 3.63) is 59.7 Å². The van der Waals surface area contributed by atoms with Gasteiger partial charge in [-0.2, -0.15) is 0 Å². The smallest absolute Gasteiger partial charge is 0.238 e. The fraction of sp³-hybridized carbons (Fsp3) is 0.316. The van der Waals surface area contributed by atoms with Gasteiger partial charge >= 0.3 is 0 Å². The first kappa shape index (κ1) is 20.7. The largest absolute Gasteiger partial charge is 0.492 e. The second-order valence-corrected chi connectivity index (χ2v) is 7.53. The first-order valence-corrected chi connectivity index (χ1v) is 10.3. The van der Waals surface area contributed by atoms with Crippen LogP contribution in [-0.4, -0.2) is 34.1 Å². The number of guanidine groups is 1. The molecule has 0 saturated carbocycles. The lowest BCUT2D eigenvalue weighted by Gasteiger charge is -2.12. The van der Waals surface area contributed by atoms with E-state index in [1.807, 2.05) is 38.1 Å². The molecule has 7 nitrogen and oxygen atoms in total. The van der Waals surface area contributed by atoms with Crippen molar-refractivity contribution in [2.24, 2.45) is 10.1 Å². The highest BCUT2D eigenvalue weighted by molar-refractivity contribution is 7.89. The van der Waals surface area contributed by atoms with Crippen LogP contribution in [0.3, 0.4) is 0 Å². The van der Waals surface area contributed by atoms with Crippen LogP contribution in [0, 0.1) is 6.92 Å². The number of nitrogens with two attached hydrogens (primary N) is 1. The molecule has 2 rings (SSSR count). The van der Waals surface area contributed by atoms with Crippen LogP contribution < -0.4 is 20.5 Å². The molecule has 0 spiro atoms. The molecule has 0 bridgehead atoms. The monoisotopic (exact) mass is 390 g/mol. The maximum atomic E-state index is 11.3. The van der Waals surface area contributed by atoms with Gasteiger partial charge in [0.2, 0.25) is 10.0 Å².